The summed E-state index contributed by atoms with van der Waals surface area (Å²) in [4.78, 5) is 26.2. The van der Waals surface area contributed by atoms with Gasteiger partial charge in [-0.1, -0.05) is 33.6 Å². The maximum absolute atomic E-state index is 12.4. The molecule has 1 heterocycles. The molecular weight excluding hydrogens is 254 g/mol. The van der Waals surface area contributed by atoms with Crippen molar-refractivity contribution in [3.8, 4) is 0 Å². The van der Waals surface area contributed by atoms with Crippen molar-refractivity contribution in [2.45, 2.75) is 72.4 Å². The Balaban J connectivity index is 3.02. The Labute approximate surface area is 122 Å². The largest absolute Gasteiger partial charge is 0.443 e. The first-order valence-electron chi connectivity index (χ1n) is 7.47. The van der Waals surface area contributed by atoms with Gasteiger partial charge in [0.1, 0.15) is 11.6 Å². The third-order valence-electron chi connectivity index (χ3n) is 3.47. The Hall–Kier alpha value is -1.32. The molecule has 0 bridgehead atoms. The number of carbonyl (C=O) groups is 2. The zero-order chi connectivity index (χ0) is 15.5. The van der Waals surface area contributed by atoms with Crippen molar-refractivity contribution in [1.82, 2.24) is 4.90 Å². The maximum Gasteiger partial charge on any atom is 0.415 e. The average Bonchev–Trinajstić information content (AvgIpc) is 2.63. The number of ether oxygens (including phenoxy) is 1. The first-order chi connectivity index (χ1) is 9.21. The van der Waals surface area contributed by atoms with E-state index in [9.17, 15) is 9.59 Å². The van der Waals surface area contributed by atoms with Crippen molar-refractivity contribution in [2.75, 3.05) is 0 Å². The summed E-state index contributed by atoms with van der Waals surface area (Å²) in [6, 6.07) is -0.406. The van der Waals surface area contributed by atoms with Crippen LogP contribution in [0.1, 0.15) is 60.8 Å². The second kappa shape index (κ2) is 6.42. The minimum absolute atomic E-state index is 0.0219. The number of nitrogens with zero attached hydrogens (tertiary/aromatic N) is 1. The fraction of sp³-hybridized carbons (Fsp3) is 0.750. The number of hydrogen-bond donors (Lipinski definition) is 0. The van der Waals surface area contributed by atoms with Gasteiger partial charge in [-0.3, -0.25) is 9.69 Å². The van der Waals surface area contributed by atoms with Crippen LogP contribution >= 0.6 is 0 Å². The predicted octanol–water partition coefficient (Wildman–Crippen LogP) is 3.90. The summed E-state index contributed by atoms with van der Waals surface area (Å²) in [6.45, 7) is 11.6. The average molecular weight is 281 g/mol. The number of hydrogen-bond acceptors (Lipinski definition) is 3. The van der Waals surface area contributed by atoms with Gasteiger partial charge in [-0.2, -0.15) is 0 Å². The van der Waals surface area contributed by atoms with Gasteiger partial charge in [0.15, 0.2) is 5.78 Å². The quantitative estimate of drug-likeness (QED) is 0.785. The monoisotopic (exact) mass is 281 g/mol. The molecule has 1 aliphatic rings. The normalized spacial score (nSPS) is 20.9. The van der Waals surface area contributed by atoms with Crippen LogP contribution in [0.3, 0.4) is 0 Å². The molecule has 0 aliphatic carbocycles. The van der Waals surface area contributed by atoms with Crippen LogP contribution in [0.4, 0.5) is 4.79 Å². The summed E-state index contributed by atoms with van der Waals surface area (Å²) < 4.78 is 5.47. The molecule has 1 unspecified atom stereocenters. The van der Waals surface area contributed by atoms with E-state index in [1.165, 1.54) is 0 Å². The zero-order valence-corrected chi connectivity index (χ0v) is 13.5. The van der Waals surface area contributed by atoms with E-state index < -0.39 is 17.7 Å². The Bertz CT molecular complexity index is 406. The van der Waals surface area contributed by atoms with Crippen LogP contribution in [-0.2, 0) is 9.53 Å². The molecule has 0 aromatic heterocycles. The van der Waals surface area contributed by atoms with E-state index in [-0.39, 0.29) is 11.7 Å². The Kier molecular flexibility index (Phi) is 5.37. The molecule has 0 saturated heterocycles. The highest BCUT2D eigenvalue weighted by molar-refractivity contribution is 6.01. The molecule has 1 amide bonds. The second-order valence-corrected chi connectivity index (χ2v) is 6.47. The smallest absolute Gasteiger partial charge is 0.415 e. The molecule has 0 saturated carbocycles. The number of rotatable bonds is 4. The van der Waals surface area contributed by atoms with Crippen molar-refractivity contribution in [1.29, 1.82) is 0 Å². The van der Waals surface area contributed by atoms with Crippen molar-refractivity contribution in [3.05, 3.63) is 11.8 Å². The lowest BCUT2D eigenvalue weighted by molar-refractivity contribution is -0.118. The highest BCUT2D eigenvalue weighted by Crippen LogP contribution is 2.30. The van der Waals surface area contributed by atoms with E-state index in [1.807, 2.05) is 41.5 Å². The number of ketones is 1. The van der Waals surface area contributed by atoms with Crippen LogP contribution < -0.4 is 0 Å². The molecule has 20 heavy (non-hydrogen) atoms. The fourth-order valence-corrected chi connectivity index (χ4v) is 2.37. The van der Waals surface area contributed by atoms with E-state index in [0.29, 0.717) is 0 Å². The standard InChI is InChI=1S/C16H27NO3/c1-7-9-12-10-13(18)14(11(3)8-2)17(12)15(19)20-16(4,5)6/h10-11,14H,7-9H2,1-6H3/t11-,14?/m0/s1. The van der Waals surface area contributed by atoms with Crippen molar-refractivity contribution in [2.24, 2.45) is 5.92 Å². The second-order valence-electron chi connectivity index (χ2n) is 6.47. The fourth-order valence-electron chi connectivity index (χ4n) is 2.37. The molecule has 0 spiro atoms. The first-order valence-corrected chi connectivity index (χ1v) is 7.47. The molecule has 4 heteroatoms. The van der Waals surface area contributed by atoms with E-state index in [1.54, 1.807) is 11.0 Å². The minimum Gasteiger partial charge on any atom is -0.443 e. The number of amides is 1. The van der Waals surface area contributed by atoms with Gasteiger partial charge in [0, 0.05) is 11.8 Å². The van der Waals surface area contributed by atoms with Gasteiger partial charge in [-0.05, 0) is 33.1 Å². The van der Waals surface area contributed by atoms with E-state index >= 15 is 0 Å². The van der Waals surface area contributed by atoms with Gasteiger partial charge in [0.25, 0.3) is 0 Å². The molecule has 0 fully saturated rings. The van der Waals surface area contributed by atoms with Crippen LogP contribution in [0.5, 0.6) is 0 Å². The summed E-state index contributed by atoms with van der Waals surface area (Å²) >= 11 is 0. The lowest BCUT2D eigenvalue weighted by atomic mass is 9.96. The maximum atomic E-state index is 12.4. The summed E-state index contributed by atoms with van der Waals surface area (Å²) in [7, 11) is 0. The SMILES string of the molecule is CCCC1=CC(=O)C([C@@H](C)CC)N1C(=O)OC(C)(C)C. The molecule has 1 rings (SSSR count). The lowest BCUT2D eigenvalue weighted by Gasteiger charge is -2.32. The summed E-state index contributed by atoms with van der Waals surface area (Å²) in [5.41, 5.74) is 0.233. The van der Waals surface area contributed by atoms with Gasteiger partial charge < -0.3 is 4.74 Å². The Morgan fingerprint density at radius 2 is 2.00 bits per heavy atom. The highest BCUT2D eigenvalue weighted by atomic mass is 16.6. The van der Waals surface area contributed by atoms with Crippen LogP contribution in [0.25, 0.3) is 0 Å². The molecule has 0 radical (unpaired) electrons. The highest BCUT2D eigenvalue weighted by Gasteiger charge is 2.41. The predicted molar refractivity (Wildman–Crippen MR) is 79.3 cm³/mol. The van der Waals surface area contributed by atoms with Gasteiger partial charge in [0.05, 0.1) is 0 Å². The summed E-state index contributed by atoms with van der Waals surface area (Å²) in [5, 5.41) is 0. The van der Waals surface area contributed by atoms with Gasteiger partial charge >= 0.3 is 6.09 Å². The molecule has 0 aromatic rings. The number of carbonyl (C=O) groups excluding carboxylic acids is 2. The summed E-state index contributed by atoms with van der Waals surface area (Å²) in [5.74, 6) is 0.147. The van der Waals surface area contributed by atoms with Crippen LogP contribution in [0.2, 0.25) is 0 Å². The molecular formula is C16H27NO3. The molecule has 2 atom stereocenters. The molecule has 4 nitrogen and oxygen atoms in total. The van der Waals surface area contributed by atoms with E-state index in [4.69, 9.17) is 4.74 Å². The molecule has 0 N–H and O–H groups in total. The Morgan fingerprint density at radius 1 is 1.40 bits per heavy atom. The van der Waals surface area contributed by atoms with Crippen LogP contribution in [0, 0.1) is 5.92 Å². The van der Waals surface area contributed by atoms with Gasteiger partial charge in [-0.15, -0.1) is 0 Å². The van der Waals surface area contributed by atoms with Gasteiger partial charge in [-0.25, -0.2) is 4.79 Å². The van der Waals surface area contributed by atoms with E-state index in [0.717, 1.165) is 25.0 Å². The van der Waals surface area contributed by atoms with Crippen molar-refractivity contribution >= 4 is 11.9 Å². The third-order valence-corrected chi connectivity index (χ3v) is 3.47. The van der Waals surface area contributed by atoms with E-state index in [2.05, 4.69) is 0 Å². The summed E-state index contributed by atoms with van der Waals surface area (Å²) in [6.07, 6.45) is 3.67. The molecule has 1 aliphatic heterocycles. The third kappa shape index (κ3) is 3.84. The first kappa shape index (κ1) is 16.7. The van der Waals surface area contributed by atoms with Gasteiger partial charge in [0.2, 0.25) is 0 Å². The van der Waals surface area contributed by atoms with Crippen LogP contribution in [-0.4, -0.2) is 28.4 Å². The number of allylic oxidation sites excluding steroid dienone is 1. The van der Waals surface area contributed by atoms with Crippen molar-refractivity contribution < 1.29 is 14.3 Å². The molecule has 0 aromatic carbocycles. The zero-order valence-electron chi connectivity index (χ0n) is 13.5. The van der Waals surface area contributed by atoms with Crippen molar-refractivity contribution in [3.63, 3.8) is 0 Å². The topological polar surface area (TPSA) is 46.6 Å². The molecule has 114 valence electrons. The Morgan fingerprint density at radius 3 is 2.45 bits per heavy atom. The lowest BCUT2D eigenvalue weighted by Crippen LogP contribution is -2.45. The van der Waals surface area contributed by atoms with Crippen LogP contribution in [0.15, 0.2) is 11.8 Å². The minimum atomic E-state index is -0.556.